The van der Waals surface area contributed by atoms with Crippen molar-refractivity contribution < 1.29 is 13.7 Å². The number of benzene rings is 1. The quantitative estimate of drug-likeness (QED) is 0.576. The molecule has 0 fully saturated rings. The summed E-state index contributed by atoms with van der Waals surface area (Å²) in [4.78, 5) is 10.7. The van der Waals surface area contributed by atoms with Gasteiger partial charge in [0.05, 0.1) is 23.7 Å². The molecule has 1 aromatic rings. The van der Waals surface area contributed by atoms with E-state index in [1.807, 2.05) is 30.3 Å². The highest BCUT2D eigenvalue weighted by Crippen LogP contribution is 2.03. The second-order valence-corrected chi connectivity index (χ2v) is 4.16. The normalized spacial score (nSPS) is 12.6. The molecule has 1 unspecified atom stereocenters. The maximum absolute atomic E-state index is 11.4. The number of carbonyl (C=O) groups excluding carboxylic acids is 1. The average Bonchev–Trinajstić information content (AvgIpc) is 2.27. The minimum Gasteiger partial charge on any atom is -0.466 e. The van der Waals surface area contributed by atoms with Crippen LogP contribution in [0.5, 0.6) is 0 Å². The molecule has 0 bridgehead atoms. The first kappa shape index (κ1) is 11.7. The van der Waals surface area contributed by atoms with E-state index in [4.69, 9.17) is 0 Å². The van der Waals surface area contributed by atoms with Crippen LogP contribution < -0.4 is 0 Å². The van der Waals surface area contributed by atoms with Gasteiger partial charge in [-0.05, 0) is 5.56 Å². The van der Waals surface area contributed by atoms with E-state index < -0.39 is 16.8 Å². The Hall–Kier alpha value is -1.42. The van der Waals surface area contributed by atoms with Crippen molar-refractivity contribution >= 4 is 16.8 Å². The van der Waals surface area contributed by atoms with Gasteiger partial charge in [0, 0.05) is 11.5 Å². The smallest absolute Gasteiger partial charge is 0.331 e. The van der Waals surface area contributed by atoms with Crippen molar-refractivity contribution in [1.82, 2.24) is 0 Å². The highest BCUT2D eigenvalue weighted by Gasteiger charge is 1.98. The summed E-state index contributed by atoms with van der Waals surface area (Å²) in [5.41, 5.74) is 0.977. The van der Waals surface area contributed by atoms with E-state index in [2.05, 4.69) is 4.74 Å². The fourth-order valence-electron chi connectivity index (χ4n) is 0.986. The maximum atomic E-state index is 11.4. The van der Waals surface area contributed by atoms with Crippen LogP contribution in [0, 0.1) is 0 Å². The minimum atomic E-state index is -1.17. The maximum Gasteiger partial charge on any atom is 0.331 e. The van der Waals surface area contributed by atoms with Gasteiger partial charge in [-0.15, -0.1) is 0 Å². The van der Waals surface area contributed by atoms with Crippen molar-refractivity contribution in [3.8, 4) is 0 Å². The van der Waals surface area contributed by atoms with Gasteiger partial charge < -0.3 is 4.74 Å². The van der Waals surface area contributed by atoms with E-state index in [9.17, 15) is 9.00 Å². The molecular weight excluding hydrogens is 212 g/mol. The third kappa shape index (κ3) is 4.56. The largest absolute Gasteiger partial charge is 0.466 e. The lowest BCUT2D eigenvalue weighted by Gasteiger charge is -1.96. The van der Waals surface area contributed by atoms with Gasteiger partial charge in [0.2, 0.25) is 0 Å². The molecule has 1 aromatic carbocycles. The van der Waals surface area contributed by atoms with Gasteiger partial charge in [0.15, 0.2) is 0 Å². The van der Waals surface area contributed by atoms with Crippen molar-refractivity contribution in [3.05, 3.63) is 47.4 Å². The van der Waals surface area contributed by atoms with E-state index in [1.54, 1.807) is 0 Å². The average molecular weight is 224 g/mol. The van der Waals surface area contributed by atoms with Crippen molar-refractivity contribution in [2.45, 2.75) is 5.75 Å². The lowest BCUT2D eigenvalue weighted by molar-refractivity contribution is -0.134. The van der Waals surface area contributed by atoms with Crippen LogP contribution in [0.1, 0.15) is 5.56 Å². The third-order valence-electron chi connectivity index (χ3n) is 1.71. The first-order valence-electron chi connectivity index (χ1n) is 4.39. The number of hydrogen-bond acceptors (Lipinski definition) is 3. The SMILES string of the molecule is COC(=O)/C=C/S(=O)Cc1ccccc1. The van der Waals surface area contributed by atoms with Gasteiger partial charge in [0.1, 0.15) is 0 Å². The first-order chi connectivity index (χ1) is 7.22. The Morgan fingerprint density at radius 1 is 1.40 bits per heavy atom. The van der Waals surface area contributed by atoms with E-state index in [0.717, 1.165) is 5.56 Å². The molecule has 80 valence electrons. The molecule has 4 heteroatoms. The molecule has 0 N–H and O–H groups in total. The van der Waals surface area contributed by atoms with E-state index in [0.29, 0.717) is 5.75 Å². The summed E-state index contributed by atoms with van der Waals surface area (Å²) in [7, 11) is 0.110. The summed E-state index contributed by atoms with van der Waals surface area (Å²) in [5, 5.41) is 1.35. The fourth-order valence-corrected chi connectivity index (χ4v) is 1.87. The van der Waals surface area contributed by atoms with Crippen molar-refractivity contribution in [3.63, 3.8) is 0 Å². The number of ether oxygens (including phenoxy) is 1. The Labute approximate surface area is 91.2 Å². The molecule has 0 aliphatic heterocycles. The molecule has 0 spiro atoms. The fraction of sp³-hybridized carbons (Fsp3) is 0.182. The number of esters is 1. The summed E-state index contributed by atoms with van der Waals surface area (Å²) >= 11 is 0. The summed E-state index contributed by atoms with van der Waals surface area (Å²) in [6, 6.07) is 9.46. The zero-order valence-corrected chi connectivity index (χ0v) is 9.20. The second kappa shape index (κ2) is 6.14. The molecule has 1 atom stereocenters. The standard InChI is InChI=1S/C11H12O3S/c1-14-11(12)7-8-15(13)9-10-5-3-2-4-6-10/h2-8H,9H2,1H3/b8-7+. The molecule has 0 saturated heterocycles. The number of carbonyl (C=O) groups is 1. The molecule has 0 aromatic heterocycles. The van der Waals surface area contributed by atoms with Crippen LogP contribution in [-0.2, 0) is 26.1 Å². The zero-order valence-electron chi connectivity index (χ0n) is 8.38. The molecule has 0 radical (unpaired) electrons. The van der Waals surface area contributed by atoms with Crippen LogP contribution in [0.3, 0.4) is 0 Å². The second-order valence-electron chi connectivity index (χ2n) is 2.84. The Balaban J connectivity index is 2.50. The molecule has 0 heterocycles. The molecule has 15 heavy (non-hydrogen) atoms. The number of hydrogen-bond donors (Lipinski definition) is 0. The Kier molecular flexibility index (Phi) is 4.77. The molecule has 0 amide bonds. The lowest BCUT2D eigenvalue weighted by atomic mass is 10.2. The Bertz CT molecular complexity index is 371. The van der Waals surface area contributed by atoms with Gasteiger partial charge in [-0.3, -0.25) is 4.21 Å². The first-order valence-corrected chi connectivity index (χ1v) is 5.78. The molecule has 3 nitrogen and oxygen atoms in total. The van der Waals surface area contributed by atoms with Crippen LogP contribution in [-0.4, -0.2) is 17.3 Å². The highest BCUT2D eigenvalue weighted by atomic mass is 32.2. The van der Waals surface area contributed by atoms with Crippen LogP contribution >= 0.6 is 0 Å². The summed E-state index contributed by atoms with van der Waals surface area (Å²) in [6.45, 7) is 0. The predicted octanol–water partition coefficient (Wildman–Crippen LogP) is 1.62. The summed E-state index contributed by atoms with van der Waals surface area (Å²) < 4.78 is 15.8. The minimum absolute atomic E-state index is 0.411. The van der Waals surface area contributed by atoms with Gasteiger partial charge in [-0.1, -0.05) is 30.3 Å². The van der Waals surface area contributed by atoms with Gasteiger partial charge in [0.25, 0.3) is 0 Å². The van der Waals surface area contributed by atoms with Gasteiger partial charge >= 0.3 is 5.97 Å². The van der Waals surface area contributed by atoms with Crippen LogP contribution in [0.2, 0.25) is 0 Å². The lowest BCUT2D eigenvalue weighted by Crippen LogP contribution is -1.96. The van der Waals surface area contributed by atoms with E-state index >= 15 is 0 Å². The van der Waals surface area contributed by atoms with Gasteiger partial charge in [-0.2, -0.15) is 0 Å². The van der Waals surface area contributed by atoms with Crippen LogP contribution in [0.25, 0.3) is 0 Å². The molecule has 0 aliphatic carbocycles. The molecule has 0 aliphatic rings. The van der Waals surface area contributed by atoms with Crippen molar-refractivity contribution in [2.24, 2.45) is 0 Å². The van der Waals surface area contributed by atoms with Gasteiger partial charge in [-0.25, -0.2) is 4.79 Å². The summed E-state index contributed by atoms with van der Waals surface area (Å²) in [6.07, 6.45) is 1.18. The molecule has 0 saturated carbocycles. The van der Waals surface area contributed by atoms with E-state index in [-0.39, 0.29) is 0 Å². The Morgan fingerprint density at radius 2 is 2.07 bits per heavy atom. The molecular formula is C11H12O3S. The monoisotopic (exact) mass is 224 g/mol. The van der Waals surface area contributed by atoms with Crippen molar-refractivity contribution in [1.29, 1.82) is 0 Å². The number of rotatable bonds is 4. The Morgan fingerprint density at radius 3 is 2.67 bits per heavy atom. The van der Waals surface area contributed by atoms with Crippen molar-refractivity contribution in [2.75, 3.05) is 7.11 Å². The van der Waals surface area contributed by atoms with E-state index in [1.165, 1.54) is 18.6 Å². The zero-order chi connectivity index (χ0) is 11.1. The predicted molar refractivity (Wildman–Crippen MR) is 59.4 cm³/mol. The number of methoxy groups -OCH3 is 1. The highest BCUT2D eigenvalue weighted by molar-refractivity contribution is 7.87. The third-order valence-corrected chi connectivity index (χ3v) is 2.77. The topological polar surface area (TPSA) is 43.4 Å². The van der Waals surface area contributed by atoms with Crippen LogP contribution in [0.4, 0.5) is 0 Å². The van der Waals surface area contributed by atoms with Crippen LogP contribution in [0.15, 0.2) is 41.8 Å². The molecule has 1 rings (SSSR count). The summed E-state index contributed by atoms with van der Waals surface area (Å²) in [5.74, 6) is -0.0784.